The van der Waals surface area contributed by atoms with Crippen LogP contribution in [0.1, 0.15) is 24.0 Å². The van der Waals surface area contributed by atoms with Crippen molar-refractivity contribution in [1.82, 2.24) is 4.90 Å². The summed E-state index contributed by atoms with van der Waals surface area (Å²) in [6.45, 7) is 3.10. The molecule has 0 spiro atoms. The minimum absolute atomic E-state index is 0.461. The van der Waals surface area contributed by atoms with E-state index in [1.165, 1.54) is 5.56 Å². The third-order valence-corrected chi connectivity index (χ3v) is 5.13. The smallest absolute Gasteiger partial charge is 0.313 e. The van der Waals surface area contributed by atoms with Crippen LogP contribution in [0.25, 0.3) is 0 Å². The molecule has 0 saturated carbocycles. The monoisotopic (exact) mass is 370 g/mol. The van der Waals surface area contributed by atoms with Crippen molar-refractivity contribution in [3.63, 3.8) is 0 Å². The highest BCUT2D eigenvalue weighted by molar-refractivity contribution is 6.39. The predicted octanol–water partition coefficient (Wildman–Crippen LogP) is 4.07. The number of amides is 2. The van der Waals surface area contributed by atoms with Gasteiger partial charge in [-0.15, -0.1) is 0 Å². The van der Waals surface area contributed by atoms with E-state index in [0.29, 0.717) is 29.7 Å². The van der Waals surface area contributed by atoms with E-state index in [0.717, 1.165) is 24.8 Å². The van der Waals surface area contributed by atoms with E-state index in [4.69, 9.17) is 11.6 Å². The van der Waals surface area contributed by atoms with Gasteiger partial charge in [-0.05, 0) is 61.4 Å². The number of anilines is 1. The molecule has 2 aromatic carbocycles. The van der Waals surface area contributed by atoms with Crippen LogP contribution in [0, 0.1) is 12.8 Å². The lowest BCUT2D eigenvalue weighted by Crippen LogP contribution is -2.44. The van der Waals surface area contributed by atoms with Gasteiger partial charge in [-0.25, -0.2) is 0 Å². The molecule has 1 saturated heterocycles. The Morgan fingerprint density at radius 3 is 2.46 bits per heavy atom. The molecule has 26 heavy (non-hydrogen) atoms. The number of nitrogens with one attached hydrogen (secondary N) is 1. The van der Waals surface area contributed by atoms with Gasteiger partial charge in [0, 0.05) is 23.8 Å². The molecule has 1 fully saturated rings. The lowest BCUT2D eigenvalue weighted by molar-refractivity contribution is -0.144. The van der Waals surface area contributed by atoms with E-state index < -0.39 is 11.8 Å². The van der Waals surface area contributed by atoms with Crippen molar-refractivity contribution >= 4 is 29.1 Å². The number of hydrogen-bond acceptors (Lipinski definition) is 2. The summed E-state index contributed by atoms with van der Waals surface area (Å²) in [6.07, 6.45) is 2.88. The van der Waals surface area contributed by atoms with Gasteiger partial charge in [0.25, 0.3) is 0 Å². The molecule has 1 N–H and O–H groups in total. The Morgan fingerprint density at radius 1 is 1.12 bits per heavy atom. The number of carbonyl (C=O) groups excluding carboxylic acids is 2. The lowest BCUT2D eigenvalue weighted by Gasteiger charge is -2.31. The number of rotatable bonds is 3. The van der Waals surface area contributed by atoms with Gasteiger partial charge in [0.15, 0.2) is 0 Å². The second kappa shape index (κ2) is 8.37. The summed E-state index contributed by atoms with van der Waals surface area (Å²) in [5, 5.41) is 3.30. The molecule has 0 radical (unpaired) electrons. The van der Waals surface area contributed by atoms with Crippen LogP contribution in [0.5, 0.6) is 0 Å². The molecule has 2 amide bonds. The lowest BCUT2D eigenvalue weighted by atomic mass is 9.90. The Morgan fingerprint density at radius 2 is 1.81 bits per heavy atom. The molecule has 1 heterocycles. The van der Waals surface area contributed by atoms with E-state index in [2.05, 4.69) is 29.6 Å². The van der Waals surface area contributed by atoms with Crippen molar-refractivity contribution in [3.8, 4) is 0 Å². The average molecular weight is 371 g/mol. The number of nitrogens with zero attached hydrogens (tertiary/aromatic N) is 1. The van der Waals surface area contributed by atoms with Crippen LogP contribution >= 0.6 is 11.6 Å². The van der Waals surface area contributed by atoms with Gasteiger partial charge < -0.3 is 10.2 Å². The quantitative estimate of drug-likeness (QED) is 0.828. The van der Waals surface area contributed by atoms with Crippen LogP contribution in [0.15, 0.2) is 48.5 Å². The maximum Gasteiger partial charge on any atom is 0.313 e. The van der Waals surface area contributed by atoms with Crippen LogP contribution in [0.3, 0.4) is 0 Å². The molecular formula is C21H23ClN2O2. The third-order valence-electron chi connectivity index (χ3n) is 4.90. The van der Waals surface area contributed by atoms with Crippen molar-refractivity contribution < 1.29 is 9.59 Å². The first kappa shape index (κ1) is 18.5. The number of benzene rings is 2. The summed E-state index contributed by atoms with van der Waals surface area (Å²) in [6, 6.07) is 15.6. The van der Waals surface area contributed by atoms with Crippen LogP contribution in [0.2, 0.25) is 5.02 Å². The summed E-state index contributed by atoms with van der Waals surface area (Å²) in [5.41, 5.74) is 2.78. The largest absolute Gasteiger partial charge is 0.334 e. The number of likely N-dealkylation sites (tertiary alicyclic amines) is 1. The van der Waals surface area contributed by atoms with Gasteiger partial charge in [0.1, 0.15) is 0 Å². The van der Waals surface area contributed by atoms with Gasteiger partial charge in [-0.2, -0.15) is 0 Å². The molecule has 1 aliphatic rings. The highest BCUT2D eigenvalue weighted by Gasteiger charge is 2.27. The Labute approximate surface area is 159 Å². The average Bonchev–Trinajstić information content (AvgIpc) is 2.65. The van der Waals surface area contributed by atoms with Crippen molar-refractivity contribution in [2.45, 2.75) is 26.2 Å². The fourth-order valence-corrected chi connectivity index (χ4v) is 3.60. The molecule has 5 heteroatoms. The van der Waals surface area contributed by atoms with Gasteiger partial charge >= 0.3 is 11.8 Å². The topological polar surface area (TPSA) is 49.4 Å². The molecule has 0 bridgehead atoms. The van der Waals surface area contributed by atoms with E-state index >= 15 is 0 Å². The van der Waals surface area contributed by atoms with E-state index in [-0.39, 0.29) is 0 Å². The molecule has 136 valence electrons. The second-order valence-corrected chi connectivity index (χ2v) is 7.28. The molecule has 0 unspecified atom stereocenters. The van der Waals surface area contributed by atoms with Crippen molar-refractivity contribution in [3.05, 3.63) is 64.7 Å². The molecule has 0 aromatic heterocycles. The maximum absolute atomic E-state index is 12.4. The van der Waals surface area contributed by atoms with Crippen LogP contribution in [0.4, 0.5) is 5.69 Å². The van der Waals surface area contributed by atoms with E-state index in [1.54, 1.807) is 23.1 Å². The normalized spacial score (nSPS) is 14.9. The highest BCUT2D eigenvalue weighted by atomic mass is 35.5. The minimum Gasteiger partial charge on any atom is -0.334 e. The van der Waals surface area contributed by atoms with Crippen LogP contribution < -0.4 is 5.32 Å². The van der Waals surface area contributed by atoms with Crippen LogP contribution in [-0.2, 0) is 16.0 Å². The second-order valence-electron chi connectivity index (χ2n) is 6.84. The SMILES string of the molecule is Cc1cc(Cl)ccc1NC(=O)C(=O)N1CCC(Cc2ccccc2)CC1. The summed E-state index contributed by atoms with van der Waals surface area (Å²) in [7, 11) is 0. The Hall–Kier alpha value is -2.33. The van der Waals surface area contributed by atoms with Crippen LogP contribution in [-0.4, -0.2) is 29.8 Å². The maximum atomic E-state index is 12.4. The first-order chi connectivity index (χ1) is 12.5. The standard InChI is InChI=1S/C21H23ClN2O2/c1-15-13-18(22)7-8-19(15)23-20(25)21(26)24-11-9-17(10-12-24)14-16-5-3-2-4-6-16/h2-8,13,17H,9-12,14H2,1H3,(H,23,25). The molecule has 0 atom stereocenters. The molecule has 4 nitrogen and oxygen atoms in total. The predicted molar refractivity (Wildman–Crippen MR) is 104 cm³/mol. The number of carbonyl (C=O) groups is 2. The third kappa shape index (κ3) is 4.64. The van der Waals surface area contributed by atoms with Crippen molar-refractivity contribution in [1.29, 1.82) is 0 Å². The summed E-state index contributed by atoms with van der Waals surface area (Å²) >= 11 is 5.92. The zero-order valence-electron chi connectivity index (χ0n) is 14.9. The molecule has 3 rings (SSSR count). The van der Waals surface area contributed by atoms with Gasteiger partial charge in [-0.3, -0.25) is 9.59 Å². The fraction of sp³-hybridized carbons (Fsp3) is 0.333. The van der Waals surface area contributed by atoms with Crippen molar-refractivity contribution in [2.24, 2.45) is 5.92 Å². The van der Waals surface area contributed by atoms with Crippen molar-refractivity contribution in [2.75, 3.05) is 18.4 Å². The minimum atomic E-state index is -0.586. The van der Waals surface area contributed by atoms with E-state index in [1.807, 2.05) is 13.0 Å². The first-order valence-corrected chi connectivity index (χ1v) is 9.31. The number of halogens is 1. The zero-order chi connectivity index (χ0) is 18.5. The summed E-state index contributed by atoms with van der Waals surface area (Å²) in [4.78, 5) is 26.4. The summed E-state index contributed by atoms with van der Waals surface area (Å²) < 4.78 is 0. The highest BCUT2D eigenvalue weighted by Crippen LogP contribution is 2.23. The number of piperidine rings is 1. The molecular weight excluding hydrogens is 348 g/mol. The number of hydrogen-bond donors (Lipinski definition) is 1. The zero-order valence-corrected chi connectivity index (χ0v) is 15.6. The number of aryl methyl sites for hydroxylation is 1. The molecule has 1 aliphatic heterocycles. The fourth-order valence-electron chi connectivity index (χ4n) is 3.37. The van der Waals surface area contributed by atoms with Gasteiger partial charge in [0.2, 0.25) is 0 Å². The summed E-state index contributed by atoms with van der Waals surface area (Å²) in [5.74, 6) is -0.488. The van der Waals surface area contributed by atoms with Gasteiger partial charge in [0.05, 0.1) is 0 Å². The Bertz CT molecular complexity index is 784. The van der Waals surface area contributed by atoms with Gasteiger partial charge in [-0.1, -0.05) is 41.9 Å². The Kier molecular flexibility index (Phi) is 5.94. The first-order valence-electron chi connectivity index (χ1n) is 8.93. The molecule has 2 aromatic rings. The molecule has 0 aliphatic carbocycles. The Balaban J connectivity index is 1.52. The van der Waals surface area contributed by atoms with E-state index in [9.17, 15) is 9.59 Å².